The number of ether oxygens (including phenoxy) is 1. The van der Waals surface area contributed by atoms with Crippen LogP contribution in [0.25, 0.3) is 0 Å². The topological polar surface area (TPSA) is 75.7 Å². The summed E-state index contributed by atoms with van der Waals surface area (Å²) in [4.78, 5) is 37.9. The number of hydrogen-bond donors (Lipinski definition) is 1. The first kappa shape index (κ1) is 20.0. The molecule has 0 aliphatic carbocycles. The number of nitrogens with one attached hydrogen (secondary N) is 1. The van der Waals surface area contributed by atoms with Crippen LogP contribution in [0, 0.1) is 18.7 Å². The second-order valence-corrected chi connectivity index (χ2v) is 7.41. The van der Waals surface area contributed by atoms with Crippen molar-refractivity contribution < 1.29 is 23.5 Å². The van der Waals surface area contributed by atoms with Crippen LogP contribution in [0.15, 0.2) is 46.9 Å². The molecule has 1 aliphatic heterocycles. The Morgan fingerprint density at radius 3 is 2.64 bits per heavy atom. The predicted octanol–water partition coefficient (Wildman–Crippen LogP) is 3.43. The van der Waals surface area contributed by atoms with E-state index in [1.54, 1.807) is 12.1 Å². The largest absolute Gasteiger partial charge is 0.455 e. The van der Waals surface area contributed by atoms with Gasteiger partial charge < -0.3 is 15.0 Å². The lowest BCUT2D eigenvalue weighted by Gasteiger charge is -2.16. The molecular weight excluding hydrogens is 431 g/mol. The lowest BCUT2D eigenvalue weighted by atomic mass is 10.1. The van der Waals surface area contributed by atoms with Gasteiger partial charge in [0.15, 0.2) is 6.61 Å². The van der Waals surface area contributed by atoms with Crippen LogP contribution < -0.4 is 10.2 Å². The molecule has 1 saturated heterocycles. The number of carbonyl (C=O) groups excluding carboxylic acids is 3. The minimum atomic E-state index is -0.667. The molecule has 1 N–H and O–H groups in total. The Morgan fingerprint density at radius 2 is 1.96 bits per heavy atom. The maximum absolute atomic E-state index is 13.0. The Hall–Kier alpha value is -2.74. The fourth-order valence-corrected chi connectivity index (χ4v) is 3.42. The number of carbonyl (C=O) groups is 3. The standard InChI is InChI=1S/C20H18BrFN2O4/c1-12-8-14(21)2-7-17(12)23-18(25)11-28-20(27)13-9-19(26)24(10-13)16-5-3-15(22)4-6-16/h2-8,13H,9-11H2,1H3,(H,23,25). The van der Waals surface area contributed by atoms with Crippen molar-refractivity contribution in [3.8, 4) is 0 Å². The number of aryl methyl sites for hydroxylation is 1. The maximum Gasteiger partial charge on any atom is 0.311 e. The van der Waals surface area contributed by atoms with Crippen LogP contribution in [0.5, 0.6) is 0 Å². The molecule has 28 heavy (non-hydrogen) atoms. The fraction of sp³-hybridized carbons (Fsp3) is 0.250. The number of rotatable bonds is 5. The summed E-state index contributed by atoms with van der Waals surface area (Å²) >= 11 is 3.35. The van der Waals surface area contributed by atoms with Crippen molar-refractivity contribution in [1.82, 2.24) is 0 Å². The van der Waals surface area contributed by atoms with Gasteiger partial charge >= 0.3 is 5.97 Å². The summed E-state index contributed by atoms with van der Waals surface area (Å²) in [5.74, 6) is -2.39. The number of halogens is 2. The summed E-state index contributed by atoms with van der Waals surface area (Å²) in [7, 11) is 0. The average molecular weight is 449 g/mol. The Bertz CT molecular complexity index is 917. The van der Waals surface area contributed by atoms with E-state index in [2.05, 4.69) is 21.2 Å². The van der Waals surface area contributed by atoms with Gasteiger partial charge in [0.2, 0.25) is 5.91 Å². The highest BCUT2D eigenvalue weighted by Crippen LogP contribution is 2.26. The Labute approximate surface area is 169 Å². The zero-order chi connectivity index (χ0) is 20.3. The smallest absolute Gasteiger partial charge is 0.311 e. The van der Waals surface area contributed by atoms with E-state index in [1.165, 1.54) is 29.2 Å². The lowest BCUT2D eigenvalue weighted by molar-refractivity contribution is -0.151. The minimum Gasteiger partial charge on any atom is -0.455 e. The Morgan fingerprint density at radius 1 is 1.25 bits per heavy atom. The molecule has 2 amide bonds. The predicted molar refractivity (Wildman–Crippen MR) is 105 cm³/mol. The van der Waals surface area contributed by atoms with Crippen molar-refractivity contribution in [3.05, 3.63) is 58.3 Å². The van der Waals surface area contributed by atoms with Crippen molar-refractivity contribution >= 4 is 45.1 Å². The molecule has 2 aromatic carbocycles. The Balaban J connectivity index is 1.53. The van der Waals surface area contributed by atoms with Crippen molar-refractivity contribution in [2.24, 2.45) is 5.92 Å². The van der Waals surface area contributed by atoms with Gasteiger partial charge in [0.05, 0.1) is 5.92 Å². The van der Waals surface area contributed by atoms with Crippen molar-refractivity contribution in [2.45, 2.75) is 13.3 Å². The number of esters is 1. The van der Waals surface area contributed by atoms with Crippen LogP contribution in [0.2, 0.25) is 0 Å². The molecule has 8 heteroatoms. The summed E-state index contributed by atoms with van der Waals surface area (Å²) in [6, 6.07) is 10.9. The van der Waals surface area contributed by atoms with Crippen molar-refractivity contribution in [1.29, 1.82) is 0 Å². The van der Waals surface area contributed by atoms with Gasteiger partial charge in [-0.15, -0.1) is 0 Å². The van der Waals surface area contributed by atoms with Crippen LogP contribution in [-0.4, -0.2) is 30.9 Å². The SMILES string of the molecule is Cc1cc(Br)ccc1NC(=O)COC(=O)C1CC(=O)N(c2ccc(F)cc2)C1. The molecule has 1 heterocycles. The third-order valence-corrected chi connectivity index (χ3v) is 4.90. The second kappa shape index (κ2) is 8.52. The molecule has 1 atom stereocenters. The maximum atomic E-state index is 13.0. The summed E-state index contributed by atoms with van der Waals surface area (Å²) in [6.45, 7) is 1.55. The summed E-state index contributed by atoms with van der Waals surface area (Å²) in [5, 5.41) is 2.68. The van der Waals surface area contributed by atoms with Crippen LogP contribution in [0.1, 0.15) is 12.0 Å². The summed E-state index contributed by atoms with van der Waals surface area (Å²) in [5.41, 5.74) is 2.01. The van der Waals surface area contributed by atoms with E-state index in [-0.39, 0.29) is 18.9 Å². The van der Waals surface area contributed by atoms with Gasteiger partial charge in [0.25, 0.3) is 5.91 Å². The molecule has 146 valence electrons. The van der Waals surface area contributed by atoms with Crippen LogP contribution in [0.4, 0.5) is 15.8 Å². The molecule has 2 aromatic rings. The number of hydrogen-bond acceptors (Lipinski definition) is 4. The molecule has 1 aliphatic rings. The van der Waals surface area contributed by atoms with E-state index in [0.29, 0.717) is 11.4 Å². The highest BCUT2D eigenvalue weighted by molar-refractivity contribution is 9.10. The number of benzene rings is 2. The number of anilines is 2. The van der Waals surface area contributed by atoms with Gasteiger partial charge in [-0.3, -0.25) is 14.4 Å². The van der Waals surface area contributed by atoms with Gasteiger partial charge in [-0.2, -0.15) is 0 Å². The van der Waals surface area contributed by atoms with Crippen LogP contribution in [-0.2, 0) is 19.1 Å². The van der Waals surface area contributed by atoms with E-state index >= 15 is 0 Å². The Kier molecular flexibility index (Phi) is 6.08. The van der Waals surface area contributed by atoms with E-state index in [4.69, 9.17) is 4.74 Å². The molecule has 6 nitrogen and oxygen atoms in total. The van der Waals surface area contributed by atoms with E-state index in [9.17, 15) is 18.8 Å². The third kappa shape index (κ3) is 4.75. The third-order valence-electron chi connectivity index (χ3n) is 4.40. The molecule has 0 radical (unpaired) electrons. The average Bonchev–Trinajstić information content (AvgIpc) is 3.04. The molecule has 1 fully saturated rings. The van der Waals surface area contributed by atoms with Crippen molar-refractivity contribution in [3.63, 3.8) is 0 Å². The molecule has 1 unspecified atom stereocenters. The zero-order valence-corrected chi connectivity index (χ0v) is 16.7. The van der Waals surface area contributed by atoms with E-state index < -0.39 is 30.2 Å². The molecule has 3 rings (SSSR count). The molecular formula is C20H18BrFN2O4. The number of amides is 2. The first-order chi connectivity index (χ1) is 13.3. The lowest BCUT2D eigenvalue weighted by Crippen LogP contribution is -2.28. The first-order valence-electron chi connectivity index (χ1n) is 8.62. The van der Waals surface area contributed by atoms with Gasteiger partial charge in [-0.25, -0.2) is 4.39 Å². The first-order valence-corrected chi connectivity index (χ1v) is 9.41. The minimum absolute atomic E-state index is 0.0103. The summed E-state index contributed by atoms with van der Waals surface area (Å²) < 4.78 is 19.0. The summed E-state index contributed by atoms with van der Waals surface area (Å²) in [6.07, 6.45) is -0.0103. The molecule has 0 bridgehead atoms. The quantitative estimate of drug-likeness (QED) is 0.710. The molecule has 0 spiro atoms. The van der Waals surface area contributed by atoms with Crippen molar-refractivity contribution in [2.75, 3.05) is 23.4 Å². The van der Waals surface area contributed by atoms with Gasteiger partial charge in [0, 0.05) is 28.8 Å². The van der Waals surface area contributed by atoms with Gasteiger partial charge in [-0.1, -0.05) is 15.9 Å². The molecule has 0 aromatic heterocycles. The van der Waals surface area contributed by atoms with Gasteiger partial charge in [-0.05, 0) is 55.0 Å². The van der Waals surface area contributed by atoms with Gasteiger partial charge in [0.1, 0.15) is 5.82 Å². The second-order valence-electron chi connectivity index (χ2n) is 6.50. The number of nitrogens with zero attached hydrogens (tertiary/aromatic N) is 1. The van der Waals surface area contributed by atoms with Crippen LogP contribution in [0.3, 0.4) is 0 Å². The molecule has 0 saturated carbocycles. The fourth-order valence-electron chi connectivity index (χ4n) is 2.94. The van der Waals surface area contributed by atoms with E-state index in [1.807, 2.05) is 13.0 Å². The normalized spacial score (nSPS) is 16.2. The highest BCUT2D eigenvalue weighted by atomic mass is 79.9. The highest BCUT2D eigenvalue weighted by Gasteiger charge is 2.36. The zero-order valence-electron chi connectivity index (χ0n) is 15.1. The van der Waals surface area contributed by atoms with E-state index in [0.717, 1.165) is 10.0 Å². The van der Waals surface area contributed by atoms with Crippen LogP contribution >= 0.6 is 15.9 Å². The monoisotopic (exact) mass is 448 g/mol.